The Labute approximate surface area is 209 Å². The van der Waals surface area contributed by atoms with Crippen molar-refractivity contribution in [1.82, 2.24) is 9.78 Å². The average molecular weight is 485 g/mol. The highest BCUT2D eigenvalue weighted by Gasteiger charge is 2.16. The molecule has 4 rings (SSSR count). The van der Waals surface area contributed by atoms with Gasteiger partial charge in [0.2, 0.25) is 0 Å². The molecule has 0 aliphatic heterocycles. The molecule has 3 aromatic carbocycles. The highest BCUT2D eigenvalue weighted by Crippen LogP contribution is 2.24. The summed E-state index contributed by atoms with van der Waals surface area (Å²) in [5.74, 6) is 0.566. The van der Waals surface area contributed by atoms with Crippen molar-refractivity contribution in [3.63, 3.8) is 0 Å². The second-order valence-electron chi connectivity index (χ2n) is 8.34. The zero-order valence-corrected chi connectivity index (χ0v) is 20.7. The van der Waals surface area contributed by atoms with Crippen molar-refractivity contribution in [3.05, 3.63) is 95.3 Å². The maximum Gasteiger partial charge on any atom is 0.262 e. The number of hydrogen-bond donors (Lipinski definition) is 2. The zero-order chi connectivity index (χ0) is 25.7. The monoisotopic (exact) mass is 484 g/mol. The van der Waals surface area contributed by atoms with Crippen molar-refractivity contribution < 1.29 is 19.1 Å². The molecular weight excluding hydrogens is 456 g/mol. The summed E-state index contributed by atoms with van der Waals surface area (Å²) in [5, 5.41) is 10.3. The molecule has 8 nitrogen and oxygen atoms in total. The lowest BCUT2D eigenvalue weighted by Gasteiger charge is -2.10. The van der Waals surface area contributed by atoms with Crippen molar-refractivity contribution in [1.29, 1.82) is 0 Å². The van der Waals surface area contributed by atoms with E-state index < -0.39 is 0 Å². The number of amides is 2. The minimum atomic E-state index is -0.304. The Morgan fingerprint density at radius 1 is 0.889 bits per heavy atom. The number of aromatic nitrogens is 2. The van der Waals surface area contributed by atoms with E-state index in [1.54, 1.807) is 55.6 Å². The van der Waals surface area contributed by atoms with Gasteiger partial charge in [0, 0.05) is 17.3 Å². The summed E-state index contributed by atoms with van der Waals surface area (Å²) in [6, 6.07) is 21.7. The number of ether oxygens (including phenoxy) is 2. The molecule has 0 atom stereocenters. The van der Waals surface area contributed by atoms with Gasteiger partial charge >= 0.3 is 0 Å². The van der Waals surface area contributed by atoms with Crippen LogP contribution >= 0.6 is 0 Å². The SMILES string of the molecule is COc1cccc(NC(=O)COc2ccc(C(=O)Nc3c(C)nn(-c4ccc(C)cc4)c3C)cc2)c1. The van der Waals surface area contributed by atoms with Gasteiger partial charge < -0.3 is 20.1 Å². The number of nitrogens with one attached hydrogen (secondary N) is 2. The fraction of sp³-hybridized carbons (Fsp3) is 0.179. The van der Waals surface area contributed by atoms with Crippen molar-refractivity contribution >= 4 is 23.2 Å². The Kier molecular flexibility index (Phi) is 7.34. The van der Waals surface area contributed by atoms with Crippen LogP contribution in [0.2, 0.25) is 0 Å². The third-order valence-corrected chi connectivity index (χ3v) is 5.65. The summed E-state index contributed by atoms with van der Waals surface area (Å²) >= 11 is 0. The molecule has 2 N–H and O–H groups in total. The molecule has 0 spiro atoms. The summed E-state index contributed by atoms with van der Waals surface area (Å²) in [4.78, 5) is 25.1. The van der Waals surface area contributed by atoms with Gasteiger partial charge in [-0.2, -0.15) is 5.10 Å². The molecule has 0 radical (unpaired) electrons. The van der Waals surface area contributed by atoms with Crippen LogP contribution in [0, 0.1) is 20.8 Å². The lowest BCUT2D eigenvalue weighted by Crippen LogP contribution is -2.20. The minimum absolute atomic E-state index is 0.167. The summed E-state index contributed by atoms with van der Waals surface area (Å²) in [7, 11) is 1.56. The van der Waals surface area contributed by atoms with E-state index in [-0.39, 0.29) is 18.4 Å². The van der Waals surface area contributed by atoms with E-state index in [2.05, 4.69) is 15.7 Å². The number of anilines is 2. The van der Waals surface area contributed by atoms with E-state index in [4.69, 9.17) is 9.47 Å². The maximum atomic E-state index is 12.9. The van der Waals surface area contributed by atoms with E-state index in [1.165, 1.54) is 5.56 Å². The average Bonchev–Trinajstić information content (AvgIpc) is 3.16. The Morgan fingerprint density at radius 3 is 2.31 bits per heavy atom. The van der Waals surface area contributed by atoms with Gasteiger partial charge in [-0.3, -0.25) is 9.59 Å². The van der Waals surface area contributed by atoms with Gasteiger partial charge in [0.15, 0.2) is 6.61 Å². The molecule has 2 amide bonds. The molecule has 184 valence electrons. The predicted octanol–water partition coefficient (Wildman–Crippen LogP) is 5.08. The molecule has 1 heterocycles. The molecule has 0 fully saturated rings. The molecule has 36 heavy (non-hydrogen) atoms. The quantitative estimate of drug-likeness (QED) is 0.364. The third kappa shape index (κ3) is 5.72. The number of methoxy groups -OCH3 is 1. The van der Waals surface area contributed by atoms with Crippen LogP contribution < -0.4 is 20.1 Å². The number of hydrogen-bond acceptors (Lipinski definition) is 5. The van der Waals surface area contributed by atoms with E-state index in [9.17, 15) is 9.59 Å². The van der Waals surface area contributed by atoms with Gasteiger partial charge in [-0.05, 0) is 69.3 Å². The fourth-order valence-electron chi connectivity index (χ4n) is 3.70. The lowest BCUT2D eigenvalue weighted by molar-refractivity contribution is -0.118. The van der Waals surface area contributed by atoms with E-state index in [0.717, 1.165) is 17.1 Å². The molecule has 0 aliphatic rings. The van der Waals surface area contributed by atoms with Crippen LogP contribution in [0.5, 0.6) is 11.5 Å². The number of aryl methyl sites for hydroxylation is 2. The molecule has 1 aromatic heterocycles. The summed E-state index contributed by atoms with van der Waals surface area (Å²) in [6.07, 6.45) is 0. The second-order valence-corrected chi connectivity index (χ2v) is 8.34. The zero-order valence-electron chi connectivity index (χ0n) is 20.7. The minimum Gasteiger partial charge on any atom is -0.497 e. The van der Waals surface area contributed by atoms with Gasteiger partial charge in [-0.1, -0.05) is 23.8 Å². The predicted molar refractivity (Wildman–Crippen MR) is 139 cm³/mol. The topological polar surface area (TPSA) is 94.5 Å². The highest BCUT2D eigenvalue weighted by molar-refractivity contribution is 6.05. The van der Waals surface area contributed by atoms with Crippen molar-refractivity contribution in [2.24, 2.45) is 0 Å². The van der Waals surface area contributed by atoms with Crippen LogP contribution in [0.1, 0.15) is 27.3 Å². The van der Waals surface area contributed by atoms with E-state index in [0.29, 0.717) is 28.4 Å². The number of carbonyl (C=O) groups excluding carboxylic acids is 2. The number of benzene rings is 3. The van der Waals surface area contributed by atoms with Crippen LogP contribution in [0.15, 0.2) is 72.8 Å². The smallest absolute Gasteiger partial charge is 0.262 e. The molecule has 0 saturated carbocycles. The highest BCUT2D eigenvalue weighted by atomic mass is 16.5. The van der Waals surface area contributed by atoms with Crippen LogP contribution in [0.3, 0.4) is 0 Å². The molecule has 8 heteroatoms. The number of rotatable bonds is 8. The van der Waals surface area contributed by atoms with Crippen molar-refractivity contribution in [2.45, 2.75) is 20.8 Å². The lowest BCUT2D eigenvalue weighted by atomic mass is 10.2. The second kappa shape index (κ2) is 10.8. The molecule has 0 bridgehead atoms. The van der Waals surface area contributed by atoms with Crippen LogP contribution in [0.4, 0.5) is 11.4 Å². The van der Waals surface area contributed by atoms with Crippen LogP contribution in [0.25, 0.3) is 5.69 Å². The van der Waals surface area contributed by atoms with E-state index >= 15 is 0 Å². The van der Waals surface area contributed by atoms with Crippen molar-refractivity contribution in [3.8, 4) is 17.2 Å². The Balaban J connectivity index is 1.36. The summed E-state index contributed by atoms with van der Waals surface area (Å²) < 4.78 is 12.5. The van der Waals surface area contributed by atoms with Gasteiger partial charge in [0.05, 0.1) is 29.9 Å². The molecule has 0 saturated heterocycles. The Hall–Kier alpha value is -4.59. The molecular formula is C28H28N4O4. The van der Waals surface area contributed by atoms with Gasteiger partial charge in [-0.15, -0.1) is 0 Å². The van der Waals surface area contributed by atoms with Crippen molar-refractivity contribution in [2.75, 3.05) is 24.4 Å². The third-order valence-electron chi connectivity index (χ3n) is 5.65. The molecule has 0 unspecified atom stereocenters. The largest absolute Gasteiger partial charge is 0.497 e. The maximum absolute atomic E-state index is 12.9. The summed E-state index contributed by atoms with van der Waals surface area (Å²) in [6.45, 7) is 5.65. The van der Waals surface area contributed by atoms with Gasteiger partial charge in [-0.25, -0.2) is 4.68 Å². The first-order valence-corrected chi connectivity index (χ1v) is 11.5. The summed E-state index contributed by atoms with van der Waals surface area (Å²) in [5.41, 5.74) is 5.42. The first kappa shape index (κ1) is 24.5. The van der Waals surface area contributed by atoms with Gasteiger partial charge in [0.25, 0.3) is 11.8 Å². The van der Waals surface area contributed by atoms with E-state index in [1.807, 2.05) is 49.7 Å². The first-order valence-electron chi connectivity index (χ1n) is 11.5. The normalized spacial score (nSPS) is 10.6. The van der Waals surface area contributed by atoms with Crippen LogP contribution in [-0.4, -0.2) is 35.3 Å². The van der Waals surface area contributed by atoms with Crippen LogP contribution in [-0.2, 0) is 4.79 Å². The van der Waals surface area contributed by atoms with Gasteiger partial charge in [0.1, 0.15) is 11.5 Å². The Morgan fingerprint density at radius 2 is 1.61 bits per heavy atom. The molecule has 0 aliphatic carbocycles. The Bertz CT molecular complexity index is 1380. The molecule has 4 aromatic rings. The standard InChI is InChI=1S/C28H28N4O4/c1-18-8-12-23(13-9-18)32-20(3)27(19(2)31-32)30-28(34)21-10-14-24(15-11-21)36-17-26(33)29-22-6-5-7-25(16-22)35-4/h5-16H,17H2,1-4H3,(H,29,33)(H,30,34). The number of nitrogens with zero attached hydrogens (tertiary/aromatic N) is 2. The first-order chi connectivity index (χ1) is 17.3. The fourth-order valence-corrected chi connectivity index (χ4v) is 3.70. The number of carbonyl (C=O) groups is 2.